The smallest absolute Gasteiger partial charge is 0.186 e. The van der Waals surface area contributed by atoms with Crippen LogP contribution in [0.3, 0.4) is 0 Å². The number of anilines is 1. The summed E-state index contributed by atoms with van der Waals surface area (Å²) in [5, 5.41) is 1.08. The summed E-state index contributed by atoms with van der Waals surface area (Å²) in [7, 11) is 0. The van der Waals surface area contributed by atoms with Gasteiger partial charge < -0.3 is 4.90 Å². The summed E-state index contributed by atoms with van der Waals surface area (Å²) in [6, 6.07) is 0. The molecule has 2 aliphatic rings. The van der Waals surface area contributed by atoms with Crippen molar-refractivity contribution in [3.8, 4) is 0 Å². The number of carbonyl (C=O) groups excluding carboxylic acids is 1. The minimum absolute atomic E-state index is 0.302. The molecule has 0 spiro atoms. The van der Waals surface area contributed by atoms with Gasteiger partial charge in [0.05, 0.1) is 10.6 Å². The lowest BCUT2D eigenvalue weighted by Crippen LogP contribution is -2.25. The second-order valence-electron chi connectivity index (χ2n) is 6.85. The Balaban J connectivity index is 1.79. The average Bonchev–Trinajstić information content (AvgIpc) is 2.94. The Morgan fingerprint density at radius 2 is 2.11 bits per heavy atom. The first kappa shape index (κ1) is 13.1. The van der Waals surface area contributed by atoms with Crippen molar-refractivity contribution < 1.29 is 4.79 Å². The van der Waals surface area contributed by atoms with E-state index in [1.54, 1.807) is 11.3 Å². The highest BCUT2D eigenvalue weighted by molar-refractivity contribution is 7.17. The van der Waals surface area contributed by atoms with E-state index in [2.05, 4.69) is 25.7 Å². The second-order valence-corrected chi connectivity index (χ2v) is 7.82. The van der Waals surface area contributed by atoms with E-state index in [1.165, 1.54) is 6.42 Å². The van der Waals surface area contributed by atoms with Gasteiger partial charge in [0, 0.05) is 19.5 Å². The highest BCUT2D eigenvalue weighted by Gasteiger charge is 2.34. The molecule has 0 radical (unpaired) electrons. The maximum atomic E-state index is 11.9. The standard InChI is InChI=1S/C15H22N2OS/c1-15(2,3)10-7-8-17(9-10)14-16-11-5-4-6-12(18)13(11)19-14/h10H,4-9H2,1-3H3. The summed E-state index contributed by atoms with van der Waals surface area (Å²) in [4.78, 5) is 19.9. The molecule has 1 saturated heterocycles. The lowest BCUT2D eigenvalue weighted by molar-refractivity contribution is 0.0976. The van der Waals surface area contributed by atoms with E-state index in [1.807, 2.05) is 0 Å². The number of nitrogens with zero attached hydrogens (tertiary/aromatic N) is 2. The minimum atomic E-state index is 0.302. The molecule has 1 aliphatic carbocycles. The number of hydrogen-bond acceptors (Lipinski definition) is 4. The fourth-order valence-corrected chi connectivity index (χ4v) is 4.15. The van der Waals surface area contributed by atoms with Gasteiger partial charge in [0.1, 0.15) is 0 Å². The molecule has 0 bridgehead atoms. The molecule has 4 heteroatoms. The van der Waals surface area contributed by atoms with Crippen molar-refractivity contribution in [1.29, 1.82) is 0 Å². The largest absolute Gasteiger partial charge is 0.348 e. The summed E-state index contributed by atoms with van der Waals surface area (Å²) in [6.45, 7) is 9.12. The van der Waals surface area contributed by atoms with Gasteiger partial charge in [-0.15, -0.1) is 0 Å². The first-order chi connectivity index (χ1) is 8.95. The third-order valence-corrected chi connectivity index (χ3v) is 5.64. The van der Waals surface area contributed by atoms with Gasteiger partial charge in [-0.1, -0.05) is 32.1 Å². The number of Topliss-reactive ketones (excluding diaryl/α,β-unsaturated/α-hetero) is 1. The highest BCUT2D eigenvalue weighted by Crippen LogP contribution is 2.38. The van der Waals surface area contributed by atoms with Crippen LogP contribution in [0.15, 0.2) is 0 Å². The third-order valence-electron chi connectivity index (χ3n) is 4.44. The maximum absolute atomic E-state index is 11.9. The zero-order valence-corrected chi connectivity index (χ0v) is 12.8. The van der Waals surface area contributed by atoms with Gasteiger partial charge in [-0.25, -0.2) is 4.98 Å². The SMILES string of the molecule is CC(C)(C)C1CCN(c2nc3c(s2)C(=O)CCC3)C1. The Kier molecular flexibility index (Phi) is 3.16. The number of hydrogen-bond donors (Lipinski definition) is 0. The molecule has 19 heavy (non-hydrogen) atoms. The second kappa shape index (κ2) is 4.58. The van der Waals surface area contributed by atoms with E-state index in [4.69, 9.17) is 4.98 Å². The lowest BCUT2D eigenvalue weighted by Gasteiger charge is -2.26. The fraction of sp³-hybridized carbons (Fsp3) is 0.733. The Morgan fingerprint density at radius 1 is 1.32 bits per heavy atom. The van der Waals surface area contributed by atoms with Gasteiger partial charge in [0.15, 0.2) is 10.9 Å². The minimum Gasteiger partial charge on any atom is -0.348 e. The summed E-state index contributed by atoms with van der Waals surface area (Å²) in [5.74, 6) is 1.03. The van der Waals surface area contributed by atoms with Gasteiger partial charge in [-0.3, -0.25) is 4.79 Å². The summed E-state index contributed by atoms with van der Waals surface area (Å²) in [6.07, 6.45) is 3.90. The van der Waals surface area contributed by atoms with Crippen molar-refractivity contribution >= 4 is 22.3 Å². The van der Waals surface area contributed by atoms with Crippen LogP contribution in [0.4, 0.5) is 5.13 Å². The molecule has 2 heterocycles. The van der Waals surface area contributed by atoms with E-state index in [0.717, 1.165) is 47.6 Å². The Bertz CT molecular complexity index is 501. The molecule has 1 unspecified atom stereocenters. The molecule has 104 valence electrons. The number of fused-ring (bicyclic) bond motifs is 1. The maximum Gasteiger partial charge on any atom is 0.186 e. The van der Waals surface area contributed by atoms with Crippen molar-refractivity contribution in [2.45, 2.75) is 46.5 Å². The molecule has 3 nitrogen and oxygen atoms in total. The van der Waals surface area contributed by atoms with Crippen molar-refractivity contribution in [2.75, 3.05) is 18.0 Å². The molecular weight excluding hydrogens is 256 g/mol. The molecular formula is C15H22N2OS. The van der Waals surface area contributed by atoms with E-state index in [9.17, 15) is 4.79 Å². The fourth-order valence-electron chi connectivity index (χ4n) is 3.03. The Morgan fingerprint density at radius 3 is 2.74 bits per heavy atom. The van der Waals surface area contributed by atoms with Crippen LogP contribution in [-0.4, -0.2) is 23.9 Å². The molecule has 0 N–H and O–H groups in total. The van der Waals surface area contributed by atoms with E-state index >= 15 is 0 Å². The Hall–Kier alpha value is -0.900. The first-order valence-electron chi connectivity index (χ1n) is 7.23. The molecule has 0 amide bonds. The molecule has 3 rings (SSSR count). The van der Waals surface area contributed by atoms with Crippen molar-refractivity contribution in [3.63, 3.8) is 0 Å². The van der Waals surface area contributed by atoms with Crippen LogP contribution < -0.4 is 4.90 Å². The van der Waals surface area contributed by atoms with Gasteiger partial charge in [-0.2, -0.15) is 0 Å². The van der Waals surface area contributed by atoms with Crippen LogP contribution >= 0.6 is 11.3 Å². The van der Waals surface area contributed by atoms with Gasteiger partial charge in [0.25, 0.3) is 0 Å². The van der Waals surface area contributed by atoms with Crippen LogP contribution in [0.5, 0.6) is 0 Å². The number of rotatable bonds is 1. The van der Waals surface area contributed by atoms with Crippen molar-refractivity contribution in [3.05, 3.63) is 10.6 Å². The topological polar surface area (TPSA) is 33.2 Å². The molecule has 0 aromatic carbocycles. The number of aryl methyl sites for hydroxylation is 1. The predicted molar refractivity (Wildman–Crippen MR) is 79.2 cm³/mol. The predicted octanol–water partition coefficient (Wildman–Crippen LogP) is 3.53. The molecule has 1 fully saturated rings. The van der Waals surface area contributed by atoms with Crippen LogP contribution in [0.2, 0.25) is 0 Å². The van der Waals surface area contributed by atoms with E-state index in [0.29, 0.717) is 17.6 Å². The molecule has 1 aromatic heterocycles. The van der Waals surface area contributed by atoms with E-state index < -0.39 is 0 Å². The average molecular weight is 278 g/mol. The summed E-state index contributed by atoms with van der Waals surface area (Å²) in [5.41, 5.74) is 1.41. The first-order valence-corrected chi connectivity index (χ1v) is 8.04. The molecule has 1 aromatic rings. The van der Waals surface area contributed by atoms with E-state index in [-0.39, 0.29) is 0 Å². The molecule has 1 aliphatic heterocycles. The number of thiazole rings is 1. The lowest BCUT2D eigenvalue weighted by atomic mass is 9.80. The Labute approximate surface area is 119 Å². The molecule has 1 atom stereocenters. The summed E-state index contributed by atoms with van der Waals surface area (Å²) < 4.78 is 0. The van der Waals surface area contributed by atoms with Crippen LogP contribution in [0.25, 0.3) is 0 Å². The number of aromatic nitrogens is 1. The normalized spacial score (nSPS) is 23.8. The molecule has 0 saturated carbocycles. The van der Waals surface area contributed by atoms with Gasteiger partial charge in [0.2, 0.25) is 0 Å². The van der Waals surface area contributed by atoms with Gasteiger partial charge >= 0.3 is 0 Å². The van der Waals surface area contributed by atoms with Crippen molar-refractivity contribution in [2.24, 2.45) is 11.3 Å². The zero-order chi connectivity index (χ0) is 13.6. The zero-order valence-electron chi connectivity index (χ0n) is 12.0. The third kappa shape index (κ3) is 2.42. The monoisotopic (exact) mass is 278 g/mol. The van der Waals surface area contributed by atoms with Crippen LogP contribution in [-0.2, 0) is 6.42 Å². The number of ketones is 1. The number of carbonyl (C=O) groups is 1. The highest BCUT2D eigenvalue weighted by atomic mass is 32.1. The van der Waals surface area contributed by atoms with Crippen LogP contribution in [0.1, 0.15) is 55.4 Å². The summed E-state index contributed by atoms with van der Waals surface area (Å²) >= 11 is 1.62. The van der Waals surface area contributed by atoms with Crippen molar-refractivity contribution in [1.82, 2.24) is 4.98 Å². The van der Waals surface area contributed by atoms with Crippen LogP contribution in [0, 0.1) is 11.3 Å². The van der Waals surface area contributed by atoms with Gasteiger partial charge in [-0.05, 0) is 30.6 Å². The quantitative estimate of drug-likeness (QED) is 0.788.